The van der Waals surface area contributed by atoms with Crippen LogP contribution in [-0.4, -0.2) is 27.2 Å². The van der Waals surface area contributed by atoms with Crippen LogP contribution in [0.5, 0.6) is 5.75 Å². The van der Waals surface area contributed by atoms with Crippen molar-refractivity contribution in [2.24, 2.45) is 5.92 Å². The summed E-state index contributed by atoms with van der Waals surface area (Å²) in [6.07, 6.45) is 1.85. The summed E-state index contributed by atoms with van der Waals surface area (Å²) in [5, 5.41) is 9.13. The quantitative estimate of drug-likeness (QED) is 0.769. The van der Waals surface area contributed by atoms with Crippen molar-refractivity contribution in [3.63, 3.8) is 0 Å². The van der Waals surface area contributed by atoms with Crippen LogP contribution in [0.1, 0.15) is 32.3 Å². The lowest BCUT2D eigenvalue weighted by Crippen LogP contribution is -2.29. The van der Waals surface area contributed by atoms with Crippen LogP contribution in [0, 0.1) is 5.92 Å². The lowest BCUT2D eigenvalue weighted by Gasteiger charge is -2.15. The van der Waals surface area contributed by atoms with Crippen molar-refractivity contribution in [1.82, 2.24) is 4.72 Å². The highest BCUT2D eigenvalue weighted by atomic mass is 32.2. The molecule has 0 unspecified atom stereocenters. The Bertz CT molecular complexity index is 524. The average Bonchev–Trinajstić information content (AvgIpc) is 2.47. The Kier molecular flexibility index (Phi) is 6.45. The summed E-state index contributed by atoms with van der Waals surface area (Å²) in [6, 6.07) is 4.63. The molecule has 114 valence electrons. The molecule has 1 rings (SSSR count). The molecule has 0 aliphatic rings. The van der Waals surface area contributed by atoms with E-state index in [4.69, 9.17) is 9.84 Å². The van der Waals surface area contributed by atoms with Crippen LogP contribution in [0.4, 0.5) is 0 Å². The van der Waals surface area contributed by atoms with E-state index in [0.717, 1.165) is 12.8 Å². The normalized spacial score (nSPS) is 11.8. The molecule has 0 saturated heterocycles. The van der Waals surface area contributed by atoms with Gasteiger partial charge in [-0.25, -0.2) is 13.1 Å². The number of rotatable bonds is 8. The van der Waals surface area contributed by atoms with Gasteiger partial charge in [0.25, 0.3) is 0 Å². The standard InChI is InChI=1S/C14H23NO4S/c1-4-11(5-2)9-15-20(17,18)14-8-12(10-16)6-7-13(14)19-3/h6-8,11,15-16H,4-5,9-10H2,1-3H3. The van der Waals surface area contributed by atoms with Gasteiger partial charge in [-0.2, -0.15) is 0 Å². The van der Waals surface area contributed by atoms with Gasteiger partial charge in [0, 0.05) is 6.54 Å². The molecule has 0 atom stereocenters. The number of benzene rings is 1. The third-order valence-electron chi connectivity index (χ3n) is 3.42. The molecular formula is C14H23NO4S. The van der Waals surface area contributed by atoms with E-state index in [-0.39, 0.29) is 17.3 Å². The van der Waals surface area contributed by atoms with Crippen LogP contribution < -0.4 is 9.46 Å². The van der Waals surface area contributed by atoms with Crippen molar-refractivity contribution in [2.75, 3.05) is 13.7 Å². The minimum Gasteiger partial charge on any atom is -0.495 e. The predicted octanol–water partition coefficient (Wildman–Crippen LogP) is 1.90. The number of aliphatic hydroxyl groups excluding tert-OH is 1. The average molecular weight is 301 g/mol. The molecule has 0 heterocycles. The molecule has 2 N–H and O–H groups in total. The number of sulfonamides is 1. The first-order chi connectivity index (χ1) is 9.48. The van der Waals surface area contributed by atoms with Gasteiger partial charge in [-0.3, -0.25) is 0 Å². The van der Waals surface area contributed by atoms with Gasteiger partial charge in [0.2, 0.25) is 10.0 Å². The second-order valence-corrected chi connectivity index (χ2v) is 6.41. The Morgan fingerprint density at radius 2 is 1.95 bits per heavy atom. The molecule has 0 fully saturated rings. The maximum Gasteiger partial charge on any atom is 0.244 e. The van der Waals surface area contributed by atoms with Crippen molar-refractivity contribution in [3.8, 4) is 5.75 Å². The van der Waals surface area contributed by atoms with Crippen molar-refractivity contribution >= 4 is 10.0 Å². The lowest BCUT2D eigenvalue weighted by atomic mass is 10.0. The van der Waals surface area contributed by atoms with E-state index in [1.54, 1.807) is 12.1 Å². The second kappa shape index (κ2) is 7.61. The van der Waals surface area contributed by atoms with E-state index in [2.05, 4.69) is 4.72 Å². The first kappa shape index (κ1) is 16.9. The fourth-order valence-electron chi connectivity index (χ4n) is 1.91. The number of aliphatic hydroxyl groups is 1. The van der Waals surface area contributed by atoms with Crippen molar-refractivity contribution in [2.45, 2.75) is 38.2 Å². The van der Waals surface area contributed by atoms with Crippen LogP contribution in [0.3, 0.4) is 0 Å². The van der Waals surface area contributed by atoms with Gasteiger partial charge in [0.1, 0.15) is 10.6 Å². The summed E-state index contributed by atoms with van der Waals surface area (Å²) in [4.78, 5) is 0.0671. The maximum atomic E-state index is 12.3. The molecular weight excluding hydrogens is 278 g/mol. The third-order valence-corrected chi connectivity index (χ3v) is 4.86. The number of ether oxygens (including phenoxy) is 1. The van der Waals surface area contributed by atoms with E-state index in [1.807, 2.05) is 13.8 Å². The van der Waals surface area contributed by atoms with Gasteiger partial charge >= 0.3 is 0 Å². The number of hydrogen-bond acceptors (Lipinski definition) is 4. The Morgan fingerprint density at radius 3 is 2.45 bits per heavy atom. The largest absolute Gasteiger partial charge is 0.495 e. The van der Waals surface area contributed by atoms with E-state index in [0.29, 0.717) is 18.0 Å². The Balaban J connectivity index is 3.01. The van der Waals surface area contributed by atoms with E-state index >= 15 is 0 Å². The summed E-state index contributed by atoms with van der Waals surface area (Å²) in [5.41, 5.74) is 0.536. The van der Waals surface area contributed by atoms with Crippen LogP contribution in [0.15, 0.2) is 23.1 Å². The zero-order valence-electron chi connectivity index (χ0n) is 12.2. The Hall–Kier alpha value is -1.11. The maximum absolute atomic E-state index is 12.3. The highest BCUT2D eigenvalue weighted by Crippen LogP contribution is 2.25. The van der Waals surface area contributed by atoms with Crippen LogP contribution in [-0.2, 0) is 16.6 Å². The first-order valence-electron chi connectivity index (χ1n) is 6.75. The van der Waals surface area contributed by atoms with Gasteiger partial charge < -0.3 is 9.84 Å². The second-order valence-electron chi connectivity index (χ2n) is 4.68. The van der Waals surface area contributed by atoms with Crippen LogP contribution in [0.2, 0.25) is 0 Å². The SMILES string of the molecule is CCC(CC)CNS(=O)(=O)c1cc(CO)ccc1OC. The van der Waals surface area contributed by atoms with Crippen LogP contribution >= 0.6 is 0 Å². The molecule has 0 radical (unpaired) electrons. The van der Waals surface area contributed by atoms with Gasteiger partial charge in [-0.1, -0.05) is 32.8 Å². The van der Waals surface area contributed by atoms with E-state index < -0.39 is 10.0 Å². The summed E-state index contributed by atoms with van der Waals surface area (Å²) in [7, 11) is -2.21. The monoisotopic (exact) mass is 301 g/mol. The molecule has 0 spiro atoms. The first-order valence-corrected chi connectivity index (χ1v) is 8.24. The molecule has 1 aromatic carbocycles. The minimum absolute atomic E-state index is 0.0671. The highest BCUT2D eigenvalue weighted by Gasteiger charge is 2.20. The molecule has 0 aromatic heterocycles. The minimum atomic E-state index is -3.64. The third kappa shape index (κ3) is 4.19. The summed E-state index contributed by atoms with van der Waals surface area (Å²) >= 11 is 0. The van der Waals surface area contributed by atoms with Crippen molar-refractivity contribution < 1.29 is 18.3 Å². The summed E-state index contributed by atoms with van der Waals surface area (Å²) in [6.45, 7) is 4.27. The van der Waals surface area contributed by atoms with E-state index in [1.165, 1.54) is 13.2 Å². The molecule has 0 amide bonds. The van der Waals surface area contributed by atoms with Gasteiger partial charge in [0.15, 0.2) is 0 Å². The molecule has 6 heteroatoms. The van der Waals surface area contributed by atoms with Crippen LogP contribution in [0.25, 0.3) is 0 Å². The predicted molar refractivity (Wildman–Crippen MR) is 78.2 cm³/mol. The number of methoxy groups -OCH3 is 1. The molecule has 5 nitrogen and oxygen atoms in total. The summed E-state index contributed by atoms with van der Waals surface area (Å²) < 4.78 is 32.4. The zero-order chi connectivity index (χ0) is 15.2. The zero-order valence-corrected chi connectivity index (χ0v) is 13.0. The molecule has 0 bridgehead atoms. The Morgan fingerprint density at radius 1 is 1.30 bits per heavy atom. The Labute approximate surface area is 121 Å². The molecule has 0 aliphatic carbocycles. The highest BCUT2D eigenvalue weighted by molar-refractivity contribution is 7.89. The summed E-state index contributed by atoms with van der Waals surface area (Å²) in [5.74, 6) is 0.594. The molecule has 1 aromatic rings. The smallest absolute Gasteiger partial charge is 0.244 e. The van der Waals surface area contributed by atoms with Crippen molar-refractivity contribution in [1.29, 1.82) is 0 Å². The molecule has 0 saturated carbocycles. The molecule has 0 aliphatic heterocycles. The number of hydrogen-bond donors (Lipinski definition) is 2. The van der Waals surface area contributed by atoms with Gasteiger partial charge in [-0.05, 0) is 23.6 Å². The van der Waals surface area contributed by atoms with Crippen molar-refractivity contribution in [3.05, 3.63) is 23.8 Å². The fourth-order valence-corrected chi connectivity index (χ4v) is 3.25. The fraction of sp³-hybridized carbons (Fsp3) is 0.571. The lowest BCUT2D eigenvalue weighted by molar-refractivity contribution is 0.281. The van der Waals surface area contributed by atoms with E-state index in [9.17, 15) is 8.42 Å². The number of nitrogens with one attached hydrogen (secondary N) is 1. The topological polar surface area (TPSA) is 75.6 Å². The van der Waals surface area contributed by atoms with Gasteiger partial charge in [-0.15, -0.1) is 0 Å². The van der Waals surface area contributed by atoms with Gasteiger partial charge in [0.05, 0.1) is 13.7 Å². The molecule has 20 heavy (non-hydrogen) atoms.